The van der Waals surface area contributed by atoms with Crippen molar-refractivity contribution in [1.29, 1.82) is 0 Å². The molecule has 0 radical (unpaired) electrons. The minimum Gasteiger partial charge on any atom is -0.465 e. The van der Waals surface area contributed by atoms with E-state index in [0.29, 0.717) is 53.6 Å². The molecular weight excluding hydrogens is 455 g/mol. The molecule has 0 saturated carbocycles. The van der Waals surface area contributed by atoms with Gasteiger partial charge in [0.2, 0.25) is 0 Å². The minimum atomic E-state index is -0.958. The van der Waals surface area contributed by atoms with Crippen LogP contribution in [0.4, 0.5) is 9.18 Å². The first-order valence-electron chi connectivity index (χ1n) is 9.91. The highest BCUT2D eigenvalue weighted by Crippen LogP contribution is 2.32. The molecule has 1 atom stereocenters. The summed E-state index contributed by atoms with van der Waals surface area (Å²) in [4.78, 5) is 34.2. The maximum atomic E-state index is 14.3. The third kappa shape index (κ3) is 4.63. The van der Waals surface area contributed by atoms with E-state index < -0.39 is 11.9 Å². The van der Waals surface area contributed by atoms with E-state index in [1.54, 1.807) is 29.1 Å². The van der Waals surface area contributed by atoms with Crippen molar-refractivity contribution in [2.45, 2.75) is 18.1 Å². The molecule has 1 aliphatic rings. The second-order valence-corrected chi connectivity index (χ2v) is 8.71. The van der Waals surface area contributed by atoms with Gasteiger partial charge in [-0.1, -0.05) is 29.4 Å². The standard InChI is InChI=1S/C22H20ClFN4O3S/c1-32-21-25-6-4-19(26-21)15-9-20(29)28(11-13-5-7-27(10-13)22(30)31)12-16(15)14-2-3-17(23)18(24)8-14/h2-4,6,8-9,12-13H,5,7,10-11H2,1H3,(H,30,31). The summed E-state index contributed by atoms with van der Waals surface area (Å²) in [7, 11) is 0. The number of amides is 1. The summed E-state index contributed by atoms with van der Waals surface area (Å²) >= 11 is 7.25. The lowest BCUT2D eigenvalue weighted by Gasteiger charge is -2.17. The van der Waals surface area contributed by atoms with Gasteiger partial charge >= 0.3 is 6.09 Å². The number of thioether (sulfide) groups is 1. The van der Waals surface area contributed by atoms with E-state index in [2.05, 4.69) is 9.97 Å². The van der Waals surface area contributed by atoms with Crippen molar-refractivity contribution in [2.75, 3.05) is 19.3 Å². The van der Waals surface area contributed by atoms with Crippen molar-refractivity contribution in [3.05, 3.63) is 63.9 Å². The van der Waals surface area contributed by atoms with Crippen molar-refractivity contribution < 1.29 is 14.3 Å². The van der Waals surface area contributed by atoms with Crippen molar-refractivity contribution in [1.82, 2.24) is 19.4 Å². The zero-order valence-electron chi connectivity index (χ0n) is 17.2. The molecule has 32 heavy (non-hydrogen) atoms. The Morgan fingerprint density at radius 2 is 2.12 bits per heavy atom. The predicted molar refractivity (Wildman–Crippen MR) is 122 cm³/mol. The van der Waals surface area contributed by atoms with Gasteiger partial charge in [-0.15, -0.1) is 0 Å². The first kappa shape index (κ1) is 22.3. The number of rotatable bonds is 5. The molecule has 1 amide bonds. The van der Waals surface area contributed by atoms with Gasteiger partial charge in [-0.3, -0.25) is 4.79 Å². The number of benzene rings is 1. The van der Waals surface area contributed by atoms with E-state index in [4.69, 9.17) is 11.6 Å². The number of nitrogens with zero attached hydrogens (tertiary/aromatic N) is 4. The summed E-state index contributed by atoms with van der Waals surface area (Å²) in [6, 6.07) is 7.68. The monoisotopic (exact) mass is 474 g/mol. The Labute approximate surface area is 192 Å². The van der Waals surface area contributed by atoms with Crippen molar-refractivity contribution in [3.63, 3.8) is 0 Å². The van der Waals surface area contributed by atoms with Crippen molar-refractivity contribution in [3.8, 4) is 22.4 Å². The molecule has 0 aliphatic carbocycles. The maximum Gasteiger partial charge on any atom is 0.407 e. The lowest BCUT2D eigenvalue weighted by molar-refractivity contribution is 0.153. The average Bonchev–Trinajstić information content (AvgIpc) is 3.26. The van der Waals surface area contributed by atoms with Gasteiger partial charge in [0, 0.05) is 49.2 Å². The Hall–Kier alpha value is -2.91. The maximum absolute atomic E-state index is 14.3. The average molecular weight is 475 g/mol. The molecule has 4 rings (SSSR count). The van der Waals surface area contributed by atoms with Gasteiger partial charge in [0.1, 0.15) is 5.82 Å². The Bertz CT molecular complexity index is 1240. The summed E-state index contributed by atoms with van der Waals surface area (Å²) in [6.07, 6.45) is 4.87. The van der Waals surface area contributed by atoms with Crippen molar-refractivity contribution in [2.24, 2.45) is 5.92 Å². The van der Waals surface area contributed by atoms with Gasteiger partial charge in [-0.2, -0.15) is 0 Å². The lowest BCUT2D eigenvalue weighted by Crippen LogP contribution is -2.29. The van der Waals surface area contributed by atoms with Crippen LogP contribution in [0.3, 0.4) is 0 Å². The number of pyridine rings is 1. The van der Waals surface area contributed by atoms with Crippen LogP contribution in [0, 0.1) is 11.7 Å². The van der Waals surface area contributed by atoms with Crippen LogP contribution in [0.15, 0.2) is 52.7 Å². The molecule has 1 aliphatic heterocycles. The molecule has 3 aromatic rings. The number of halogens is 2. The molecular formula is C22H20ClFN4O3S. The van der Waals surface area contributed by atoms with Crippen LogP contribution in [-0.4, -0.2) is 50.0 Å². The van der Waals surface area contributed by atoms with Crippen molar-refractivity contribution >= 4 is 29.5 Å². The van der Waals surface area contributed by atoms with E-state index in [0.717, 1.165) is 0 Å². The molecule has 1 saturated heterocycles. The SMILES string of the molecule is CSc1nccc(-c2cc(=O)n(CC3CCN(C(=O)O)C3)cc2-c2ccc(Cl)c(F)c2)n1. The highest BCUT2D eigenvalue weighted by atomic mass is 35.5. The van der Waals surface area contributed by atoms with Gasteiger partial charge < -0.3 is 14.6 Å². The van der Waals surface area contributed by atoms with Crippen LogP contribution in [0.1, 0.15) is 6.42 Å². The highest BCUT2D eigenvalue weighted by molar-refractivity contribution is 7.98. The molecule has 10 heteroatoms. The summed E-state index contributed by atoms with van der Waals surface area (Å²) in [6.45, 7) is 1.18. The smallest absolute Gasteiger partial charge is 0.407 e. The van der Waals surface area contributed by atoms with Gasteiger partial charge in [0.05, 0.1) is 10.7 Å². The minimum absolute atomic E-state index is 0.00930. The highest BCUT2D eigenvalue weighted by Gasteiger charge is 2.26. The van der Waals surface area contributed by atoms with Gasteiger partial charge in [-0.05, 0) is 42.4 Å². The third-order valence-electron chi connectivity index (χ3n) is 5.46. The molecule has 166 valence electrons. The predicted octanol–water partition coefficient (Wildman–Crippen LogP) is 4.49. The van der Waals surface area contributed by atoms with Gasteiger partial charge in [0.25, 0.3) is 5.56 Å². The number of carbonyl (C=O) groups is 1. The number of likely N-dealkylation sites (tertiary alicyclic amines) is 1. The molecule has 1 fully saturated rings. The summed E-state index contributed by atoms with van der Waals surface area (Å²) in [5, 5.41) is 9.76. The summed E-state index contributed by atoms with van der Waals surface area (Å²) in [5.74, 6) is -0.542. The zero-order valence-corrected chi connectivity index (χ0v) is 18.7. The molecule has 1 aromatic carbocycles. The fourth-order valence-corrected chi connectivity index (χ4v) is 4.32. The molecule has 0 bridgehead atoms. The Kier molecular flexibility index (Phi) is 6.48. The van der Waals surface area contributed by atoms with E-state index in [9.17, 15) is 19.1 Å². The first-order chi connectivity index (χ1) is 15.4. The van der Waals surface area contributed by atoms with Crippen LogP contribution in [0.5, 0.6) is 0 Å². The van der Waals surface area contributed by atoms with Crippen LogP contribution in [0.25, 0.3) is 22.4 Å². The number of hydrogen-bond donors (Lipinski definition) is 1. The quantitative estimate of drug-likeness (QED) is 0.433. The topological polar surface area (TPSA) is 88.3 Å². The van der Waals surface area contributed by atoms with Gasteiger partial charge in [-0.25, -0.2) is 19.2 Å². The summed E-state index contributed by atoms with van der Waals surface area (Å²) < 4.78 is 15.8. The fraction of sp³-hybridized carbons (Fsp3) is 0.273. The Balaban J connectivity index is 1.79. The molecule has 0 spiro atoms. The molecule has 3 heterocycles. The molecule has 1 unspecified atom stereocenters. The van der Waals surface area contributed by atoms with E-state index in [1.807, 2.05) is 6.26 Å². The van der Waals surface area contributed by atoms with Crippen LogP contribution < -0.4 is 5.56 Å². The van der Waals surface area contributed by atoms with E-state index in [-0.39, 0.29) is 16.5 Å². The van der Waals surface area contributed by atoms with Crippen LogP contribution in [0.2, 0.25) is 5.02 Å². The second-order valence-electron chi connectivity index (χ2n) is 7.53. The first-order valence-corrected chi connectivity index (χ1v) is 11.5. The Morgan fingerprint density at radius 3 is 2.81 bits per heavy atom. The van der Waals surface area contributed by atoms with Gasteiger partial charge in [0.15, 0.2) is 5.16 Å². The van der Waals surface area contributed by atoms with Crippen LogP contribution >= 0.6 is 23.4 Å². The van der Waals surface area contributed by atoms with Crippen LogP contribution in [-0.2, 0) is 6.54 Å². The molecule has 7 nitrogen and oxygen atoms in total. The fourth-order valence-electron chi connectivity index (χ4n) is 3.84. The molecule has 2 aromatic heterocycles. The molecule has 1 N–H and O–H groups in total. The third-order valence-corrected chi connectivity index (χ3v) is 6.33. The number of carboxylic acid groups (broad SMARTS) is 1. The normalized spacial score (nSPS) is 15.8. The second kappa shape index (κ2) is 9.30. The lowest BCUT2D eigenvalue weighted by atomic mass is 9.99. The zero-order chi connectivity index (χ0) is 22.8. The van der Waals surface area contributed by atoms with E-state index in [1.165, 1.54) is 34.9 Å². The Morgan fingerprint density at radius 1 is 1.31 bits per heavy atom. The number of hydrogen-bond acceptors (Lipinski definition) is 5. The van der Waals surface area contributed by atoms with E-state index >= 15 is 0 Å². The number of aromatic nitrogens is 3. The summed E-state index contributed by atoms with van der Waals surface area (Å²) in [5.41, 5.74) is 2.05. The largest absolute Gasteiger partial charge is 0.465 e.